The van der Waals surface area contributed by atoms with E-state index in [1.54, 1.807) is 17.9 Å². The Hall–Kier alpha value is -3.00. The Morgan fingerprint density at radius 2 is 1.75 bits per heavy atom. The molecule has 1 saturated heterocycles. The predicted octanol–water partition coefficient (Wildman–Crippen LogP) is 0.673. The topological polar surface area (TPSA) is 90.0 Å². The summed E-state index contributed by atoms with van der Waals surface area (Å²) in [7, 11) is 3.09. The zero-order valence-electron chi connectivity index (χ0n) is 16.3. The van der Waals surface area contributed by atoms with E-state index in [9.17, 15) is 9.59 Å². The second kappa shape index (κ2) is 8.79. The number of rotatable bonds is 7. The molecule has 1 amide bonds. The van der Waals surface area contributed by atoms with Crippen LogP contribution in [0.15, 0.2) is 41.3 Å². The summed E-state index contributed by atoms with van der Waals surface area (Å²) >= 11 is 0. The minimum atomic E-state index is -0.462. The lowest BCUT2D eigenvalue weighted by atomic mass is 10.2. The average Bonchev–Trinajstić information content (AvgIpc) is 2.70. The van der Waals surface area contributed by atoms with Crippen molar-refractivity contribution in [2.45, 2.75) is 13.1 Å². The molecule has 1 aliphatic rings. The van der Waals surface area contributed by atoms with Crippen LogP contribution in [0.2, 0.25) is 0 Å². The van der Waals surface area contributed by atoms with Crippen LogP contribution in [0.5, 0.6) is 11.5 Å². The van der Waals surface area contributed by atoms with Crippen molar-refractivity contribution in [3.8, 4) is 11.5 Å². The monoisotopic (exact) mass is 386 g/mol. The van der Waals surface area contributed by atoms with Gasteiger partial charge in [-0.1, -0.05) is 0 Å². The number of aromatic nitrogens is 1. The van der Waals surface area contributed by atoms with E-state index in [4.69, 9.17) is 15.2 Å². The number of piperazine rings is 1. The summed E-state index contributed by atoms with van der Waals surface area (Å²) in [5.74, 6) is 0.583. The third kappa shape index (κ3) is 4.64. The third-order valence-electron chi connectivity index (χ3n) is 4.92. The molecule has 0 atom stereocenters. The minimum absolute atomic E-state index is 0.0117. The van der Waals surface area contributed by atoms with Crippen molar-refractivity contribution in [1.29, 1.82) is 0 Å². The molecule has 1 fully saturated rings. The molecule has 8 heteroatoms. The van der Waals surface area contributed by atoms with Crippen molar-refractivity contribution in [1.82, 2.24) is 9.47 Å². The fraction of sp³-hybridized carbons (Fsp3) is 0.400. The van der Waals surface area contributed by atoms with Crippen molar-refractivity contribution >= 4 is 11.6 Å². The molecule has 1 aromatic heterocycles. The molecule has 0 bridgehead atoms. The molecule has 1 aliphatic heterocycles. The maximum Gasteiger partial charge on any atom is 0.237 e. The number of hydrogen-bond acceptors (Lipinski definition) is 6. The number of primary amides is 1. The smallest absolute Gasteiger partial charge is 0.237 e. The molecule has 0 saturated carbocycles. The lowest BCUT2D eigenvalue weighted by molar-refractivity contribution is -0.118. The van der Waals surface area contributed by atoms with Gasteiger partial charge >= 0.3 is 0 Å². The molecule has 2 heterocycles. The number of ether oxygens (including phenoxy) is 2. The molecule has 2 aromatic rings. The lowest BCUT2D eigenvalue weighted by Crippen LogP contribution is -2.46. The molecule has 0 spiro atoms. The summed E-state index contributed by atoms with van der Waals surface area (Å²) in [6, 6.07) is 9.56. The van der Waals surface area contributed by atoms with Crippen molar-refractivity contribution in [2.75, 3.05) is 45.3 Å². The number of carbonyl (C=O) groups is 1. The zero-order valence-corrected chi connectivity index (χ0v) is 16.3. The van der Waals surface area contributed by atoms with Gasteiger partial charge in [0.1, 0.15) is 12.3 Å². The van der Waals surface area contributed by atoms with Gasteiger partial charge in [0.2, 0.25) is 11.3 Å². The Morgan fingerprint density at radius 3 is 2.32 bits per heavy atom. The van der Waals surface area contributed by atoms with E-state index in [-0.39, 0.29) is 17.7 Å². The Labute approximate surface area is 164 Å². The molecule has 1 aromatic carbocycles. The molecule has 150 valence electrons. The van der Waals surface area contributed by atoms with E-state index in [0.29, 0.717) is 6.54 Å². The number of benzene rings is 1. The first kappa shape index (κ1) is 19.8. The predicted molar refractivity (Wildman–Crippen MR) is 107 cm³/mol. The number of pyridine rings is 1. The van der Waals surface area contributed by atoms with E-state index >= 15 is 0 Å². The van der Waals surface area contributed by atoms with Crippen LogP contribution in [0.4, 0.5) is 5.69 Å². The van der Waals surface area contributed by atoms with Gasteiger partial charge in [0.25, 0.3) is 0 Å². The number of carbonyl (C=O) groups excluding carboxylic acids is 1. The first-order valence-electron chi connectivity index (χ1n) is 9.17. The number of nitrogens with zero attached hydrogens (tertiary/aromatic N) is 3. The largest absolute Gasteiger partial charge is 0.497 e. The van der Waals surface area contributed by atoms with Gasteiger partial charge in [-0.2, -0.15) is 0 Å². The lowest BCUT2D eigenvalue weighted by Gasteiger charge is -2.36. The summed E-state index contributed by atoms with van der Waals surface area (Å²) in [6.07, 6.45) is 1.55. The van der Waals surface area contributed by atoms with Gasteiger partial charge in [-0.25, -0.2) is 0 Å². The molecule has 2 N–H and O–H groups in total. The quantitative estimate of drug-likeness (QED) is 0.752. The normalized spacial score (nSPS) is 14.7. The second-order valence-electron chi connectivity index (χ2n) is 6.75. The van der Waals surface area contributed by atoms with Crippen molar-refractivity contribution in [3.63, 3.8) is 0 Å². The van der Waals surface area contributed by atoms with Crippen LogP contribution in [0.1, 0.15) is 5.69 Å². The third-order valence-corrected chi connectivity index (χ3v) is 4.92. The van der Waals surface area contributed by atoms with Crippen LogP contribution in [-0.2, 0) is 17.9 Å². The van der Waals surface area contributed by atoms with Crippen molar-refractivity contribution in [3.05, 3.63) is 52.4 Å². The highest BCUT2D eigenvalue weighted by Gasteiger charge is 2.19. The highest BCUT2D eigenvalue weighted by atomic mass is 16.5. The Balaban J connectivity index is 1.67. The minimum Gasteiger partial charge on any atom is -0.497 e. The van der Waals surface area contributed by atoms with Gasteiger partial charge < -0.3 is 24.7 Å². The van der Waals surface area contributed by atoms with Crippen molar-refractivity contribution < 1.29 is 14.3 Å². The maximum absolute atomic E-state index is 12.1. The van der Waals surface area contributed by atoms with Crippen LogP contribution < -0.4 is 25.5 Å². The molecule has 8 nitrogen and oxygen atoms in total. The molecular weight excluding hydrogens is 360 g/mol. The average molecular weight is 386 g/mol. The van der Waals surface area contributed by atoms with Crippen LogP contribution in [0, 0.1) is 0 Å². The van der Waals surface area contributed by atoms with E-state index in [2.05, 4.69) is 21.9 Å². The second-order valence-corrected chi connectivity index (χ2v) is 6.75. The van der Waals surface area contributed by atoms with Crippen LogP contribution in [0.25, 0.3) is 0 Å². The van der Waals surface area contributed by atoms with Crippen LogP contribution in [0.3, 0.4) is 0 Å². The summed E-state index contributed by atoms with van der Waals surface area (Å²) in [5, 5.41) is 0. The highest BCUT2D eigenvalue weighted by Crippen LogP contribution is 2.21. The first-order chi connectivity index (χ1) is 13.5. The zero-order chi connectivity index (χ0) is 20.1. The summed E-state index contributed by atoms with van der Waals surface area (Å²) in [5.41, 5.74) is 7.07. The van der Waals surface area contributed by atoms with E-state index in [1.807, 2.05) is 12.1 Å². The van der Waals surface area contributed by atoms with Crippen LogP contribution >= 0.6 is 0 Å². The number of nitrogens with two attached hydrogens (primary N) is 1. The van der Waals surface area contributed by atoms with Crippen molar-refractivity contribution in [2.24, 2.45) is 5.73 Å². The Morgan fingerprint density at radius 1 is 1.07 bits per heavy atom. The first-order valence-corrected chi connectivity index (χ1v) is 9.17. The molecule has 0 radical (unpaired) electrons. The van der Waals surface area contributed by atoms with Gasteiger partial charge in [0.15, 0.2) is 5.75 Å². The molecule has 28 heavy (non-hydrogen) atoms. The van der Waals surface area contributed by atoms with Gasteiger partial charge in [0, 0.05) is 50.2 Å². The number of amides is 1. The molecule has 3 rings (SSSR count). The molecule has 0 unspecified atom stereocenters. The number of hydrogen-bond donors (Lipinski definition) is 1. The van der Waals surface area contributed by atoms with E-state index in [1.165, 1.54) is 13.2 Å². The summed E-state index contributed by atoms with van der Waals surface area (Å²) < 4.78 is 12.0. The molecular formula is C20H26N4O4. The highest BCUT2D eigenvalue weighted by molar-refractivity contribution is 5.73. The van der Waals surface area contributed by atoms with Crippen LogP contribution in [-0.4, -0.2) is 55.8 Å². The van der Waals surface area contributed by atoms with Gasteiger partial charge in [-0.3, -0.25) is 14.5 Å². The number of anilines is 1. The number of methoxy groups -OCH3 is 2. The van der Waals surface area contributed by atoms with Gasteiger partial charge in [-0.15, -0.1) is 0 Å². The maximum atomic E-state index is 12.1. The van der Waals surface area contributed by atoms with Gasteiger partial charge in [-0.05, 0) is 24.3 Å². The Bertz CT molecular complexity index is 871. The summed E-state index contributed by atoms with van der Waals surface area (Å²) in [6.45, 7) is 4.04. The Kier molecular flexibility index (Phi) is 6.20. The summed E-state index contributed by atoms with van der Waals surface area (Å²) in [4.78, 5) is 28.1. The standard InChI is InChI=1S/C20H26N4O4/c1-27-17-5-3-15(4-6-17)23-9-7-22(8-10-23)12-16-11-18(25)19(28-2)13-24(16)14-20(21)26/h3-6,11,13H,7-10,12,14H2,1-2H3,(H2,21,26). The fourth-order valence-electron chi connectivity index (χ4n) is 3.38. The molecule has 0 aliphatic carbocycles. The van der Waals surface area contributed by atoms with E-state index in [0.717, 1.165) is 43.3 Å². The van der Waals surface area contributed by atoms with E-state index < -0.39 is 5.91 Å². The van der Waals surface area contributed by atoms with Gasteiger partial charge in [0.05, 0.1) is 20.4 Å². The SMILES string of the molecule is COc1ccc(N2CCN(Cc3cc(=O)c(OC)cn3CC(N)=O)CC2)cc1. The fourth-order valence-corrected chi connectivity index (χ4v) is 3.38.